The summed E-state index contributed by atoms with van der Waals surface area (Å²) in [6, 6.07) is 16.8. The van der Waals surface area contributed by atoms with E-state index in [1.807, 2.05) is 12.1 Å². The molecule has 0 amide bonds. The highest BCUT2D eigenvalue weighted by atomic mass is 14.9. The molecule has 0 saturated carbocycles. The standard InChI is InChI=1S/C16H16N2/c17-10-9-14-15(13-6-2-1-3-7-13)12-18-11-5-4-8-16(14)18/h1-8,11-12H,9-10,17H2. The van der Waals surface area contributed by atoms with E-state index >= 15 is 0 Å². The van der Waals surface area contributed by atoms with E-state index in [2.05, 4.69) is 53.2 Å². The smallest absolute Gasteiger partial charge is 0.0488 e. The first kappa shape index (κ1) is 11.1. The van der Waals surface area contributed by atoms with Crippen LogP contribution >= 0.6 is 0 Å². The van der Waals surface area contributed by atoms with Gasteiger partial charge in [0.1, 0.15) is 0 Å². The first-order chi connectivity index (χ1) is 8.90. The number of rotatable bonds is 3. The first-order valence-corrected chi connectivity index (χ1v) is 6.24. The van der Waals surface area contributed by atoms with Crippen molar-refractivity contribution in [1.82, 2.24) is 4.40 Å². The molecule has 1 aromatic carbocycles. The van der Waals surface area contributed by atoms with Crippen LogP contribution in [0.5, 0.6) is 0 Å². The van der Waals surface area contributed by atoms with Gasteiger partial charge in [-0.2, -0.15) is 0 Å². The Bertz CT molecular complexity index is 653. The summed E-state index contributed by atoms with van der Waals surface area (Å²) in [4.78, 5) is 0. The molecule has 0 unspecified atom stereocenters. The zero-order valence-corrected chi connectivity index (χ0v) is 10.2. The molecule has 2 N–H and O–H groups in total. The molecule has 0 aliphatic heterocycles. The van der Waals surface area contributed by atoms with Gasteiger partial charge in [0.15, 0.2) is 0 Å². The number of hydrogen-bond donors (Lipinski definition) is 1. The second-order valence-corrected chi connectivity index (χ2v) is 4.42. The topological polar surface area (TPSA) is 30.4 Å². The number of aromatic nitrogens is 1. The molecule has 3 rings (SSSR count). The second-order valence-electron chi connectivity index (χ2n) is 4.42. The Kier molecular flexibility index (Phi) is 2.87. The fourth-order valence-corrected chi connectivity index (χ4v) is 2.45. The average molecular weight is 236 g/mol. The molecule has 2 nitrogen and oxygen atoms in total. The van der Waals surface area contributed by atoms with Gasteiger partial charge in [-0.05, 0) is 36.2 Å². The van der Waals surface area contributed by atoms with Crippen molar-refractivity contribution in [2.75, 3.05) is 6.54 Å². The van der Waals surface area contributed by atoms with Gasteiger partial charge in [-0.15, -0.1) is 0 Å². The van der Waals surface area contributed by atoms with Gasteiger partial charge >= 0.3 is 0 Å². The predicted octanol–water partition coefficient (Wildman–Crippen LogP) is 3.11. The van der Waals surface area contributed by atoms with Crippen molar-refractivity contribution < 1.29 is 0 Å². The van der Waals surface area contributed by atoms with Crippen LogP contribution in [-0.2, 0) is 6.42 Å². The Morgan fingerprint density at radius 3 is 2.50 bits per heavy atom. The maximum absolute atomic E-state index is 5.75. The van der Waals surface area contributed by atoms with E-state index in [4.69, 9.17) is 5.73 Å². The van der Waals surface area contributed by atoms with Crippen molar-refractivity contribution in [2.24, 2.45) is 5.73 Å². The van der Waals surface area contributed by atoms with Crippen molar-refractivity contribution in [3.8, 4) is 11.1 Å². The van der Waals surface area contributed by atoms with Gasteiger partial charge in [-0.1, -0.05) is 36.4 Å². The maximum Gasteiger partial charge on any atom is 0.0488 e. The van der Waals surface area contributed by atoms with Crippen molar-refractivity contribution in [2.45, 2.75) is 6.42 Å². The third kappa shape index (κ3) is 1.81. The fraction of sp³-hybridized carbons (Fsp3) is 0.125. The van der Waals surface area contributed by atoms with Gasteiger partial charge in [0.25, 0.3) is 0 Å². The number of nitrogens with two attached hydrogens (primary N) is 1. The molecule has 0 aliphatic rings. The van der Waals surface area contributed by atoms with Gasteiger partial charge in [0.05, 0.1) is 0 Å². The summed E-state index contributed by atoms with van der Waals surface area (Å²) in [7, 11) is 0. The lowest BCUT2D eigenvalue weighted by atomic mass is 10.0. The van der Waals surface area contributed by atoms with Gasteiger partial charge in [0, 0.05) is 23.5 Å². The third-order valence-corrected chi connectivity index (χ3v) is 3.27. The van der Waals surface area contributed by atoms with Crippen LogP contribution in [0.25, 0.3) is 16.6 Å². The molecule has 18 heavy (non-hydrogen) atoms. The maximum atomic E-state index is 5.75. The molecular weight excluding hydrogens is 220 g/mol. The minimum atomic E-state index is 0.675. The normalized spacial score (nSPS) is 10.9. The van der Waals surface area contributed by atoms with E-state index in [1.165, 1.54) is 22.2 Å². The van der Waals surface area contributed by atoms with Crippen LogP contribution in [0.3, 0.4) is 0 Å². The number of pyridine rings is 1. The molecule has 3 aromatic rings. The molecule has 0 spiro atoms. The molecular formula is C16H16N2. The van der Waals surface area contributed by atoms with E-state index in [9.17, 15) is 0 Å². The lowest BCUT2D eigenvalue weighted by molar-refractivity contribution is 0.978. The molecule has 0 bridgehead atoms. The van der Waals surface area contributed by atoms with Gasteiger partial charge < -0.3 is 10.1 Å². The van der Waals surface area contributed by atoms with Gasteiger partial charge in [-0.25, -0.2) is 0 Å². The van der Waals surface area contributed by atoms with E-state index < -0.39 is 0 Å². The highest BCUT2D eigenvalue weighted by Gasteiger charge is 2.10. The molecule has 0 radical (unpaired) electrons. The summed E-state index contributed by atoms with van der Waals surface area (Å²) in [6.45, 7) is 0.675. The average Bonchev–Trinajstić information content (AvgIpc) is 2.80. The summed E-state index contributed by atoms with van der Waals surface area (Å²) in [5.74, 6) is 0. The number of nitrogens with zero attached hydrogens (tertiary/aromatic N) is 1. The Morgan fingerprint density at radius 2 is 1.72 bits per heavy atom. The van der Waals surface area contributed by atoms with Crippen LogP contribution in [0.1, 0.15) is 5.56 Å². The Balaban J connectivity index is 2.25. The van der Waals surface area contributed by atoms with E-state index in [1.54, 1.807) is 0 Å². The highest BCUT2D eigenvalue weighted by molar-refractivity contribution is 5.76. The molecule has 0 aliphatic carbocycles. The zero-order chi connectivity index (χ0) is 12.4. The zero-order valence-electron chi connectivity index (χ0n) is 10.2. The van der Waals surface area contributed by atoms with E-state index in [0.29, 0.717) is 6.54 Å². The second kappa shape index (κ2) is 4.67. The minimum Gasteiger partial charge on any atom is -0.330 e. The lowest BCUT2D eigenvalue weighted by Crippen LogP contribution is -2.03. The Labute approximate surface area is 107 Å². The van der Waals surface area contributed by atoms with Crippen LogP contribution < -0.4 is 5.73 Å². The SMILES string of the molecule is NCCc1c(-c2ccccc2)cn2ccccc12. The molecule has 0 saturated heterocycles. The number of hydrogen-bond acceptors (Lipinski definition) is 1. The van der Waals surface area contributed by atoms with Crippen LogP contribution in [0.15, 0.2) is 60.9 Å². The van der Waals surface area contributed by atoms with E-state index in [0.717, 1.165) is 6.42 Å². The summed E-state index contributed by atoms with van der Waals surface area (Å²) >= 11 is 0. The van der Waals surface area contributed by atoms with Crippen LogP contribution in [0.4, 0.5) is 0 Å². The largest absolute Gasteiger partial charge is 0.330 e. The molecule has 0 atom stereocenters. The van der Waals surface area contributed by atoms with Crippen molar-refractivity contribution in [1.29, 1.82) is 0 Å². The predicted molar refractivity (Wildman–Crippen MR) is 75.6 cm³/mol. The van der Waals surface area contributed by atoms with Crippen LogP contribution in [0, 0.1) is 0 Å². The van der Waals surface area contributed by atoms with Gasteiger partial charge in [-0.3, -0.25) is 0 Å². The molecule has 2 heterocycles. The van der Waals surface area contributed by atoms with Crippen molar-refractivity contribution >= 4 is 5.52 Å². The molecule has 2 aromatic heterocycles. The Hall–Kier alpha value is -2.06. The van der Waals surface area contributed by atoms with Crippen LogP contribution in [-0.4, -0.2) is 10.9 Å². The third-order valence-electron chi connectivity index (χ3n) is 3.27. The summed E-state index contributed by atoms with van der Waals surface area (Å²) in [5, 5.41) is 0. The summed E-state index contributed by atoms with van der Waals surface area (Å²) in [5.41, 5.74) is 10.9. The Morgan fingerprint density at radius 1 is 0.944 bits per heavy atom. The fourth-order valence-electron chi connectivity index (χ4n) is 2.45. The lowest BCUT2D eigenvalue weighted by Gasteiger charge is -2.03. The molecule has 90 valence electrons. The monoisotopic (exact) mass is 236 g/mol. The van der Waals surface area contributed by atoms with Crippen LogP contribution in [0.2, 0.25) is 0 Å². The number of benzene rings is 1. The van der Waals surface area contributed by atoms with E-state index in [-0.39, 0.29) is 0 Å². The highest BCUT2D eigenvalue weighted by Crippen LogP contribution is 2.28. The molecule has 0 fully saturated rings. The summed E-state index contributed by atoms with van der Waals surface area (Å²) < 4.78 is 2.17. The van der Waals surface area contributed by atoms with Gasteiger partial charge in [0.2, 0.25) is 0 Å². The first-order valence-electron chi connectivity index (χ1n) is 6.24. The van der Waals surface area contributed by atoms with Crippen molar-refractivity contribution in [3.63, 3.8) is 0 Å². The number of fused-ring (bicyclic) bond motifs is 1. The quantitative estimate of drug-likeness (QED) is 0.744. The molecule has 2 heteroatoms. The minimum absolute atomic E-state index is 0.675. The van der Waals surface area contributed by atoms with Crippen molar-refractivity contribution in [3.05, 3.63) is 66.5 Å². The summed E-state index contributed by atoms with van der Waals surface area (Å²) in [6.07, 6.45) is 5.18.